The third-order valence-corrected chi connectivity index (χ3v) is 2.27. The van der Waals surface area contributed by atoms with Gasteiger partial charge in [-0.3, -0.25) is 0 Å². The van der Waals surface area contributed by atoms with Crippen LogP contribution in [0.25, 0.3) is 0 Å². The maximum atomic E-state index is 12.3. The minimum Gasteiger partial charge on any atom is -0.304 e. The number of rotatable bonds is 3. The van der Waals surface area contributed by atoms with Crippen molar-refractivity contribution in [2.24, 2.45) is 0 Å². The number of nitrogens with one attached hydrogen (secondary N) is 1. The number of nitrogens with zero attached hydrogens (tertiary/aromatic N) is 1. The predicted molar refractivity (Wildman–Crippen MR) is 44.5 cm³/mol. The van der Waals surface area contributed by atoms with E-state index in [1.54, 1.807) is 4.90 Å². The standard InChI is InChI=1S/C8H14F3N2O/c9-8(10,11)7-6-13(3-1-5-14)4-2-12-7/h7,12H,1-6H2. The van der Waals surface area contributed by atoms with Gasteiger partial charge in [-0.25, -0.2) is 5.11 Å². The normalized spacial score (nSPS) is 25.3. The molecule has 1 unspecified atom stereocenters. The zero-order chi connectivity index (χ0) is 10.6. The van der Waals surface area contributed by atoms with Crippen LogP contribution in [0.4, 0.5) is 13.2 Å². The van der Waals surface area contributed by atoms with E-state index < -0.39 is 12.2 Å². The minimum atomic E-state index is -4.18. The third-order valence-electron chi connectivity index (χ3n) is 2.27. The fraction of sp³-hybridized carbons (Fsp3) is 1.00. The Morgan fingerprint density at radius 1 is 1.43 bits per heavy atom. The van der Waals surface area contributed by atoms with Gasteiger partial charge in [-0.05, 0) is 6.42 Å². The molecule has 1 aliphatic rings. The van der Waals surface area contributed by atoms with Gasteiger partial charge in [-0.2, -0.15) is 13.2 Å². The van der Waals surface area contributed by atoms with Gasteiger partial charge < -0.3 is 10.2 Å². The number of piperazine rings is 1. The van der Waals surface area contributed by atoms with Crippen LogP contribution in [-0.4, -0.2) is 49.9 Å². The Hall–Kier alpha value is -0.330. The molecule has 1 saturated heterocycles. The van der Waals surface area contributed by atoms with E-state index in [0.29, 0.717) is 26.1 Å². The van der Waals surface area contributed by atoms with Gasteiger partial charge >= 0.3 is 6.18 Å². The van der Waals surface area contributed by atoms with Gasteiger partial charge in [0.05, 0.1) is 6.61 Å². The highest BCUT2D eigenvalue weighted by molar-refractivity contribution is 4.83. The van der Waals surface area contributed by atoms with Crippen molar-refractivity contribution in [3.63, 3.8) is 0 Å². The smallest absolute Gasteiger partial charge is 0.304 e. The van der Waals surface area contributed by atoms with Gasteiger partial charge in [0.1, 0.15) is 6.04 Å². The molecule has 1 rings (SSSR count). The molecular formula is C8H14F3N2O. The second kappa shape index (κ2) is 4.95. The summed E-state index contributed by atoms with van der Waals surface area (Å²) in [4.78, 5) is 1.69. The van der Waals surface area contributed by atoms with E-state index in [-0.39, 0.29) is 13.2 Å². The van der Waals surface area contributed by atoms with Crippen LogP contribution < -0.4 is 5.32 Å². The van der Waals surface area contributed by atoms with Crippen LogP contribution in [0.1, 0.15) is 6.42 Å². The molecule has 0 aromatic rings. The summed E-state index contributed by atoms with van der Waals surface area (Å²) in [6.07, 6.45) is -3.76. The van der Waals surface area contributed by atoms with Crippen molar-refractivity contribution < 1.29 is 18.3 Å². The molecule has 83 valence electrons. The van der Waals surface area contributed by atoms with Crippen molar-refractivity contribution in [1.29, 1.82) is 0 Å². The average molecular weight is 211 g/mol. The summed E-state index contributed by atoms with van der Waals surface area (Å²) in [7, 11) is 0. The van der Waals surface area contributed by atoms with Crippen molar-refractivity contribution in [3.05, 3.63) is 0 Å². The van der Waals surface area contributed by atoms with Gasteiger partial charge in [0.15, 0.2) is 0 Å². The van der Waals surface area contributed by atoms with Crippen LogP contribution >= 0.6 is 0 Å². The molecular weight excluding hydrogens is 197 g/mol. The first kappa shape index (κ1) is 11.7. The van der Waals surface area contributed by atoms with Crippen LogP contribution in [0.2, 0.25) is 0 Å². The second-order valence-corrected chi connectivity index (χ2v) is 3.41. The summed E-state index contributed by atoms with van der Waals surface area (Å²) >= 11 is 0. The van der Waals surface area contributed by atoms with Crippen molar-refractivity contribution >= 4 is 0 Å². The van der Waals surface area contributed by atoms with Crippen LogP contribution in [-0.2, 0) is 5.11 Å². The molecule has 0 bridgehead atoms. The van der Waals surface area contributed by atoms with Crippen molar-refractivity contribution in [3.8, 4) is 0 Å². The maximum absolute atomic E-state index is 12.3. The van der Waals surface area contributed by atoms with Crippen LogP contribution in [0, 0.1) is 0 Å². The van der Waals surface area contributed by atoms with E-state index >= 15 is 0 Å². The summed E-state index contributed by atoms with van der Waals surface area (Å²) in [5, 5.41) is 12.6. The minimum absolute atomic E-state index is 0.0382. The molecule has 0 aromatic carbocycles. The highest BCUT2D eigenvalue weighted by Gasteiger charge is 2.41. The monoisotopic (exact) mass is 211 g/mol. The second-order valence-electron chi connectivity index (χ2n) is 3.41. The van der Waals surface area contributed by atoms with Gasteiger partial charge in [-0.15, -0.1) is 0 Å². The molecule has 3 nitrogen and oxygen atoms in total. The summed E-state index contributed by atoms with van der Waals surface area (Å²) < 4.78 is 36.9. The number of hydrogen-bond acceptors (Lipinski definition) is 2. The fourth-order valence-corrected chi connectivity index (χ4v) is 1.52. The van der Waals surface area contributed by atoms with Crippen LogP contribution in [0.15, 0.2) is 0 Å². The van der Waals surface area contributed by atoms with Gasteiger partial charge in [-0.1, -0.05) is 0 Å². The van der Waals surface area contributed by atoms with E-state index in [1.165, 1.54) is 0 Å². The van der Waals surface area contributed by atoms with E-state index in [0.717, 1.165) is 0 Å². The van der Waals surface area contributed by atoms with E-state index in [2.05, 4.69) is 5.32 Å². The SMILES string of the molecule is [O]CCCN1CCNC(C(F)(F)F)C1. The first-order valence-corrected chi connectivity index (χ1v) is 4.64. The van der Waals surface area contributed by atoms with Crippen molar-refractivity contribution in [2.45, 2.75) is 18.6 Å². The Bertz CT molecular complexity index is 174. The number of hydrogen-bond donors (Lipinski definition) is 1. The zero-order valence-corrected chi connectivity index (χ0v) is 7.81. The highest BCUT2D eigenvalue weighted by Crippen LogP contribution is 2.22. The molecule has 6 heteroatoms. The first-order valence-electron chi connectivity index (χ1n) is 4.64. The highest BCUT2D eigenvalue weighted by atomic mass is 19.4. The molecule has 0 aromatic heterocycles. The van der Waals surface area contributed by atoms with Gasteiger partial charge in [0.2, 0.25) is 0 Å². The fourth-order valence-electron chi connectivity index (χ4n) is 1.52. The summed E-state index contributed by atoms with van der Waals surface area (Å²) in [5.74, 6) is 0. The lowest BCUT2D eigenvalue weighted by atomic mass is 10.2. The van der Waals surface area contributed by atoms with Gasteiger partial charge in [0.25, 0.3) is 0 Å². The Morgan fingerprint density at radius 3 is 2.71 bits per heavy atom. The average Bonchev–Trinajstić information content (AvgIpc) is 2.14. The topological polar surface area (TPSA) is 35.2 Å². The summed E-state index contributed by atoms with van der Waals surface area (Å²) in [6.45, 7) is 1.14. The van der Waals surface area contributed by atoms with Crippen molar-refractivity contribution in [1.82, 2.24) is 10.2 Å². The van der Waals surface area contributed by atoms with E-state index in [1.807, 2.05) is 0 Å². The third kappa shape index (κ3) is 3.43. The predicted octanol–water partition coefficient (Wildman–Crippen LogP) is 0.643. The molecule has 0 amide bonds. The number of halogens is 3. The summed E-state index contributed by atoms with van der Waals surface area (Å²) in [5.41, 5.74) is 0. The molecule has 0 spiro atoms. The molecule has 1 fully saturated rings. The van der Waals surface area contributed by atoms with Crippen molar-refractivity contribution in [2.75, 3.05) is 32.8 Å². The van der Waals surface area contributed by atoms with Crippen LogP contribution in [0.5, 0.6) is 0 Å². The summed E-state index contributed by atoms with van der Waals surface area (Å²) in [6, 6.07) is -1.44. The molecule has 0 aliphatic carbocycles. The Labute approximate surface area is 80.9 Å². The molecule has 1 aliphatic heterocycles. The molecule has 1 N–H and O–H groups in total. The molecule has 1 heterocycles. The van der Waals surface area contributed by atoms with Gasteiger partial charge in [0, 0.05) is 26.2 Å². The lowest BCUT2D eigenvalue weighted by Gasteiger charge is -2.34. The lowest BCUT2D eigenvalue weighted by molar-refractivity contribution is -0.164. The lowest BCUT2D eigenvalue weighted by Crippen LogP contribution is -2.57. The Morgan fingerprint density at radius 2 is 2.14 bits per heavy atom. The maximum Gasteiger partial charge on any atom is 0.405 e. The first-order chi connectivity index (χ1) is 6.54. The molecule has 1 atom stereocenters. The molecule has 0 saturated carbocycles. The largest absolute Gasteiger partial charge is 0.405 e. The van der Waals surface area contributed by atoms with E-state index in [4.69, 9.17) is 0 Å². The molecule has 1 radical (unpaired) electrons. The number of alkyl halides is 3. The Balaban J connectivity index is 2.36. The Kier molecular flexibility index (Phi) is 4.15. The quantitative estimate of drug-likeness (QED) is 0.743. The molecule has 14 heavy (non-hydrogen) atoms. The van der Waals surface area contributed by atoms with Crippen LogP contribution in [0.3, 0.4) is 0 Å². The zero-order valence-electron chi connectivity index (χ0n) is 7.81. The van der Waals surface area contributed by atoms with E-state index in [9.17, 15) is 18.3 Å².